The molecular formula is C27H32FN7O3. The molecule has 1 unspecified atom stereocenters. The van der Waals surface area contributed by atoms with Crippen LogP contribution >= 0.6 is 0 Å². The number of benzene rings is 1. The molecule has 200 valence electrons. The predicted molar refractivity (Wildman–Crippen MR) is 147 cm³/mol. The van der Waals surface area contributed by atoms with E-state index >= 15 is 0 Å². The van der Waals surface area contributed by atoms with Crippen molar-refractivity contribution >= 4 is 34.1 Å². The zero-order chi connectivity index (χ0) is 27.9. The highest BCUT2D eigenvalue weighted by Gasteiger charge is 2.25. The number of rotatable bonds is 5. The zero-order valence-electron chi connectivity index (χ0n) is 22.5. The van der Waals surface area contributed by atoms with Gasteiger partial charge in [-0.3, -0.25) is 9.48 Å². The number of nitrogens with one attached hydrogen (secondary N) is 3. The largest absolute Gasteiger partial charge is 0.387 e. The van der Waals surface area contributed by atoms with Gasteiger partial charge < -0.3 is 25.6 Å². The molecule has 1 atom stereocenters. The van der Waals surface area contributed by atoms with Gasteiger partial charge in [0, 0.05) is 37.3 Å². The molecule has 0 bridgehead atoms. The number of hydrogen-bond donors (Lipinski definition) is 4. The van der Waals surface area contributed by atoms with Gasteiger partial charge in [0.15, 0.2) is 0 Å². The van der Waals surface area contributed by atoms with Gasteiger partial charge in [0.2, 0.25) is 0 Å². The summed E-state index contributed by atoms with van der Waals surface area (Å²) in [6.07, 6.45) is 2.20. The number of fused-ring (bicyclic) bond motifs is 1. The van der Waals surface area contributed by atoms with Gasteiger partial charge in [-0.15, -0.1) is 0 Å². The van der Waals surface area contributed by atoms with E-state index in [1.165, 1.54) is 22.9 Å². The second-order valence-corrected chi connectivity index (χ2v) is 10.2. The molecule has 10 nitrogen and oxygen atoms in total. The van der Waals surface area contributed by atoms with Gasteiger partial charge in [0.1, 0.15) is 11.6 Å². The van der Waals surface area contributed by atoms with Crippen molar-refractivity contribution < 1.29 is 14.3 Å². The van der Waals surface area contributed by atoms with Crippen LogP contribution in [0.3, 0.4) is 0 Å². The first-order chi connectivity index (χ1) is 17.8. The van der Waals surface area contributed by atoms with E-state index in [1.54, 1.807) is 51.0 Å². The molecule has 2 amide bonds. The third kappa shape index (κ3) is 4.97. The van der Waals surface area contributed by atoms with Crippen LogP contribution < -0.4 is 21.5 Å². The Morgan fingerprint density at radius 1 is 1.08 bits per heavy atom. The van der Waals surface area contributed by atoms with E-state index in [4.69, 9.17) is 0 Å². The van der Waals surface area contributed by atoms with E-state index in [9.17, 15) is 19.1 Å². The molecule has 11 heteroatoms. The minimum absolute atomic E-state index is 0.101. The smallest absolute Gasteiger partial charge is 0.323 e. The summed E-state index contributed by atoms with van der Waals surface area (Å²) in [6.45, 7) is 9.04. The number of aliphatic hydroxyl groups is 1. The molecular weight excluding hydrogens is 489 g/mol. The number of amides is 2. The number of urea groups is 1. The number of aromatic nitrogens is 4. The molecule has 0 aliphatic rings. The molecule has 3 aromatic heterocycles. The van der Waals surface area contributed by atoms with Crippen LogP contribution in [0.5, 0.6) is 0 Å². The van der Waals surface area contributed by atoms with Crippen molar-refractivity contribution in [3.05, 3.63) is 64.1 Å². The number of aliphatic hydroxyl groups excluding tert-OH is 1. The Balaban J connectivity index is 1.70. The summed E-state index contributed by atoms with van der Waals surface area (Å²) in [5.41, 5.74) is 1.98. The van der Waals surface area contributed by atoms with Crippen molar-refractivity contribution in [2.24, 2.45) is 7.05 Å². The molecule has 3 heterocycles. The third-order valence-electron chi connectivity index (χ3n) is 6.30. The van der Waals surface area contributed by atoms with Crippen LogP contribution in [0.25, 0.3) is 22.0 Å². The van der Waals surface area contributed by atoms with Gasteiger partial charge in [-0.25, -0.2) is 14.2 Å². The fourth-order valence-electron chi connectivity index (χ4n) is 4.42. The summed E-state index contributed by atoms with van der Waals surface area (Å²) in [6, 6.07) is 5.48. The average Bonchev–Trinajstić information content (AvgIpc) is 3.27. The summed E-state index contributed by atoms with van der Waals surface area (Å²) < 4.78 is 18.1. The maximum Gasteiger partial charge on any atom is 0.323 e. The maximum atomic E-state index is 14.9. The number of anilines is 3. The first-order valence-corrected chi connectivity index (χ1v) is 12.1. The Kier molecular flexibility index (Phi) is 6.98. The van der Waals surface area contributed by atoms with Crippen molar-refractivity contribution in [3.63, 3.8) is 0 Å². The minimum Gasteiger partial charge on any atom is -0.387 e. The number of aryl methyl sites for hydroxylation is 2. The Morgan fingerprint density at radius 3 is 2.39 bits per heavy atom. The van der Waals surface area contributed by atoms with Crippen molar-refractivity contribution in [1.82, 2.24) is 19.3 Å². The lowest BCUT2D eigenvalue weighted by Gasteiger charge is -2.24. The zero-order valence-corrected chi connectivity index (χ0v) is 22.5. The molecule has 1 aromatic carbocycles. The maximum absolute atomic E-state index is 14.9. The van der Waals surface area contributed by atoms with Crippen LogP contribution in [-0.2, 0) is 12.6 Å². The molecule has 0 aliphatic heterocycles. The van der Waals surface area contributed by atoms with E-state index in [-0.39, 0.29) is 11.2 Å². The Bertz CT molecular complexity index is 1600. The average molecular weight is 522 g/mol. The van der Waals surface area contributed by atoms with Gasteiger partial charge in [-0.1, -0.05) is 0 Å². The van der Waals surface area contributed by atoms with E-state index in [1.807, 2.05) is 20.8 Å². The highest BCUT2D eigenvalue weighted by molar-refractivity contribution is 6.00. The second kappa shape index (κ2) is 9.90. The number of halogens is 1. The lowest BCUT2D eigenvalue weighted by molar-refractivity contribution is 0.176. The van der Waals surface area contributed by atoms with Crippen LogP contribution in [0.2, 0.25) is 0 Å². The number of nitrogens with zero attached hydrogens (tertiary/aromatic N) is 4. The molecule has 0 saturated carbocycles. The third-order valence-corrected chi connectivity index (χ3v) is 6.30. The number of carbonyl (C=O) groups excluding carboxylic acids is 1. The summed E-state index contributed by atoms with van der Waals surface area (Å²) in [7, 11) is 3.41. The van der Waals surface area contributed by atoms with Crippen molar-refractivity contribution in [3.8, 4) is 11.1 Å². The van der Waals surface area contributed by atoms with Crippen molar-refractivity contribution in [1.29, 1.82) is 0 Å². The van der Waals surface area contributed by atoms with Crippen molar-refractivity contribution in [2.45, 2.75) is 46.3 Å². The van der Waals surface area contributed by atoms with Crippen LogP contribution in [-0.4, -0.2) is 37.5 Å². The molecule has 0 aliphatic carbocycles. The van der Waals surface area contributed by atoms with Crippen LogP contribution in [0.4, 0.5) is 26.4 Å². The Morgan fingerprint density at radius 2 is 1.76 bits per heavy atom. The van der Waals surface area contributed by atoms with E-state index in [0.29, 0.717) is 39.4 Å². The number of hydrogen-bond acceptors (Lipinski definition) is 6. The first kappa shape index (κ1) is 26.8. The van der Waals surface area contributed by atoms with Crippen LogP contribution in [0.15, 0.2) is 41.5 Å². The van der Waals surface area contributed by atoms with Crippen LogP contribution in [0, 0.1) is 12.7 Å². The molecule has 38 heavy (non-hydrogen) atoms. The first-order valence-electron chi connectivity index (χ1n) is 12.1. The molecule has 4 N–H and O–H groups in total. The number of carbonyl (C=O) groups is 1. The lowest BCUT2D eigenvalue weighted by Crippen LogP contribution is -2.27. The quantitative estimate of drug-likeness (QED) is 0.301. The molecule has 0 fully saturated rings. The minimum atomic E-state index is -0.905. The molecule has 0 saturated heterocycles. The van der Waals surface area contributed by atoms with Gasteiger partial charge in [-0.05, 0) is 63.9 Å². The summed E-state index contributed by atoms with van der Waals surface area (Å²) >= 11 is 0. The fraction of sp³-hybridized carbons (Fsp3) is 0.333. The van der Waals surface area contributed by atoms with Gasteiger partial charge in [0.25, 0.3) is 5.56 Å². The lowest BCUT2D eigenvalue weighted by atomic mass is 9.99. The van der Waals surface area contributed by atoms with Crippen LogP contribution in [0.1, 0.15) is 45.1 Å². The SMILES string of the molecule is CNc1cc2c(cn1)cc(-c1cc(NC(=O)Nc3cnn(C(C)(C)C)c3C(C)O)c(F)cc1C)c(=O)n2C. The summed E-state index contributed by atoms with van der Waals surface area (Å²) in [5.74, 6) is -0.0250. The standard InChI is InChI=1S/C27H32FN7O3/c1-14-8-19(28)20(32-26(38)33-21-13-31-35(27(3,4)5)24(21)15(2)36)10-17(14)18-9-16-12-30-23(29-6)11-22(16)34(7)25(18)37/h8-13,15,36H,1-7H3,(H,29,30)(H2,32,33,38). The monoisotopic (exact) mass is 521 g/mol. The summed E-state index contributed by atoms with van der Waals surface area (Å²) in [5, 5.41) is 23.5. The van der Waals surface area contributed by atoms with Crippen molar-refractivity contribution in [2.75, 3.05) is 23.0 Å². The topological polar surface area (TPSA) is 126 Å². The Labute approximate surface area is 219 Å². The fourth-order valence-corrected chi connectivity index (χ4v) is 4.42. The van der Waals surface area contributed by atoms with E-state index in [2.05, 4.69) is 26.0 Å². The highest BCUT2D eigenvalue weighted by Crippen LogP contribution is 2.31. The molecule has 4 rings (SSSR count). The van der Waals surface area contributed by atoms with Gasteiger partial charge >= 0.3 is 6.03 Å². The van der Waals surface area contributed by atoms with E-state index < -0.39 is 23.5 Å². The normalized spacial score (nSPS) is 12.4. The Hall–Kier alpha value is -4.25. The van der Waals surface area contributed by atoms with Gasteiger partial charge in [0.05, 0.1) is 40.4 Å². The molecule has 0 radical (unpaired) electrons. The number of pyridine rings is 2. The summed E-state index contributed by atoms with van der Waals surface area (Å²) in [4.78, 5) is 30.5. The van der Waals surface area contributed by atoms with E-state index in [0.717, 1.165) is 5.39 Å². The molecule has 4 aromatic rings. The highest BCUT2D eigenvalue weighted by atomic mass is 19.1. The second-order valence-electron chi connectivity index (χ2n) is 10.2. The van der Waals surface area contributed by atoms with Gasteiger partial charge in [-0.2, -0.15) is 5.10 Å². The molecule has 0 spiro atoms. The predicted octanol–water partition coefficient (Wildman–Crippen LogP) is 4.74.